The Morgan fingerprint density at radius 1 is 1.37 bits per heavy atom. The monoisotopic (exact) mass is 272 g/mol. The fourth-order valence-electron chi connectivity index (χ4n) is 1.96. The Bertz CT molecular complexity index is 584. The Kier molecular flexibility index (Phi) is 3.34. The van der Waals surface area contributed by atoms with Crippen LogP contribution < -0.4 is 5.32 Å². The van der Waals surface area contributed by atoms with Crippen LogP contribution in [0.25, 0.3) is 0 Å². The van der Waals surface area contributed by atoms with E-state index in [1.807, 2.05) is 31.2 Å². The van der Waals surface area contributed by atoms with Crippen LogP contribution in [0.5, 0.6) is 0 Å². The molecule has 1 amide bonds. The first-order valence-corrected chi connectivity index (χ1v) is 7.39. The summed E-state index contributed by atoms with van der Waals surface area (Å²) in [7, 11) is 0. The molecule has 1 aromatic carbocycles. The topological polar surface area (TPSA) is 42.0 Å². The summed E-state index contributed by atoms with van der Waals surface area (Å²) in [5, 5.41) is 5.65. The highest BCUT2D eigenvalue weighted by Crippen LogP contribution is 2.40. The summed E-state index contributed by atoms with van der Waals surface area (Å²) < 4.78 is 0. The maximum atomic E-state index is 11.9. The van der Waals surface area contributed by atoms with Crippen molar-refractivity contribution >= 4 is 22.4 Å². The van der Waals surface area contributed by atoms with Crippen molar-refractivity contribution in [2.45, 2.75) is 32.1 Å². The average Bonchev–Trinajstić information content (AvgIpc) is 3.14. The van der Waals surface area contributed by atoms with Gasteiger partial charge in [0.05, 0.1) is 12.1 Å². The number of carbonyl (C=O) groups is 1. The molecule has 0 unspecified atom stereocenters. The van der Waals surface area contributed by atoms with Crippen LogP contribution in [0.4, 0.5) is 5.13 Å². The number of nitrogens with one attached hydrogen (secondary N) is 1. The highest BCUT2D eigenvalue weighted by molar-refractivity contribution is 7.13. The SMILES string of the molecule is Cc1ccc(CC(=O)Nc2nc(C3CC3)cs2)cc1. The van der Waals surface area contributed by atoms with Crippen LogP contribution >= 0.6 is 11.3 Å². The van der Waals surface area contributed by atoms with Crippen molar-refractivity contribution in [1.82, 2.24) is 4.98 Å². The van der Waals surface area contributed by atoms with Gasteiger partial charge in [-0.3, -0.25) is 4.79 Å². The highest BCUT2D eigenvalue weighted by Gasteiger charge is 2.26. The second-order valence-corrected chi connectivity index (χ2v) is 5.92. The van der Waals surface area contributed by atoms with Crippen molar-refractivity contribution < 1.29 is 4.79 Å². The summed E-state index contributed by atoms with van der Waals surface area (Å²) in [6, 6.07) is 8.03. The Morgan fingerprint density at radius 3 is 2.79 bits per heavy atom. The van der Waals surface area contributed by atoms with Crippen molar-refractivity contribution in [2.75, 3.05) is 5.32 Å². The van der Waals surface area contributed by atoms with E-state index in [9.17, 15) is 4.79 Å². The molecule has 0 saturated heterocycles. The molecule has 0 bridgehead atoms. The largest absolute Gasteiger partial charge is 0.302 e. The fourth-order valence-corrected chi connectivity index (χ4v) is 2.77. The normalized spacial score (nSPS) is 14.4. The van der Waals surface area contributed by atoms with Crippen LogP contribution in [0.15, 0.2) is 29.6 Å². The van der Waals surface area contributed by atoms with E-state index < -0.39 is 0 Å². The van der Waals surface area contributed by atoms with Crippen LogP contribution in [-0.4, -0.2) is 10.9 Å². The minimum atomic E-state index is 0.000509. The van der Waals surface area contributed by atoms with Gasteiger partial charge in [-0.1, -0.05) is 29.8 Å². The van der Waals surface area contributed by atoms with Gasteiger partial charge < -0.3 is 5.32 Å². The number of hydrogen-bond acceptors (Lipinski definition) is 3. The van der Waals surface area contributed by atoms with Crippen LogP contribution in [-0.2, 0) is 11.2 Å². The Hall–Kier alpha value is -1.68. The molecule has 1 heterocycles. The van der Waals surface area contributed by atoms with E-state index in [0.29, 0.717) is 12.3 Å². The second kappa shape index (κ2) is 5.13. The molecule has 0 aliphatic heterocycles. The van der Waals surface area contributed by atoms with E-state index in [4.69, 9.17) is 0 Å². The first-order valence-electron chi connectivity index (χ1n) is 6.51. The maximum Gasteiger partial charge on any atom is 0.230 e. The van der Waals surface area contributed by atoms with Crippen LogP contribution in [0.1, 0.15) is 35.6 Å². The summed E-state index contributed by atoms with van der Waals surface area (Å²) in [5.74, 6) is 0.638. The Balaban J connectivity index is 1.59. The Labute approximate surface area is 116 Å². The lowest BCUT2D eigenvalue weighted by molar-refractivity contribution is -0.115. The first kappa shape index (κ1) is 12.4. The molecule has 1 saturated carbocycles. The number of hydrogen-bond donors (Lipinski definition) is 1. The maximum absolute atomic E-state index is 11.9. The molecule has 1 aliphatic carbocycles. The lowest BCUT2D eigenvalue weighted by Crippen LogP contribution is -2.14. The van der Waals surface area contributed by atoms with Crippen molar-refractivity contribution in [3.05, 3.63) is 46.5 Å². The van der Waals surface area contributed by atoms with Crippen molar-refractivity contribution in [3.8, 4) is 0 Å². The van der Waals surface area contributed by atoms with Gasteiger partial charge in [-0.15, -0.1) is 11.3 Å². The van der Waals surface area contributed by atoms with Gasteiger partial charge in [-0.2, -0.15) is 0 Å². The number of anilines is 1. The van der Waals surface area contributed by atoms with Gasteiger partial charge in [0.1, 0.15) is 0 Å². The van der Waals surface area contributed by atoms with Crippen LogP contribution in [0, 0.1) is 6.92 Å². The number of aromatic nitrogens is 1. The average molecular weight is 272 g/mol. The fraction of sp³-hybridized carbons (Fsp3) is 0.333. The number of carbonyl (C=O) groups excluding carboxylic acids is 1. The predicted molar refractivity (Wildman–Crippen MR) is 77.6 cm³/mol. The zero-order valence-electron chi connectivity index (χ0n) is 10.8. The van der Waals surface area contributed by atoms with Crippen molar-refractivity contribution in [3.63, 3.8) is 0 Å². The molecule has 0 spiro atoms. The highest BCUT2D eigenvalue weighted by atomic mass is 32.1. The number of benzene rings is 1. The van der Waals surface area contributed by atoms with Crippen LogP contribution in [0.2, 0.25) is 0 Å². The number of thiazole rings is 1. The van der Waals surface area contributed by atoms with Gasteiger partial charge in [0, 0.05) is 11.3 Å². The van der Waals surface area contributed by atoms with E-state index in [1.165, 1.54) is 29.7 Å². The zero-order valence-corrected chi connectivity index (χ0v) is 11.7. The lowest BCUT2D eigenvalue weighted by Gasteiger charge is -2.02. The molecule has 0 radical (unpaired) electrons. The summed E-state index contributed by atoms with van der Waals surface area (Å²) >= 11 is 1.52. The summed E-state index contributed by atoms with van der Waals surface area (Å²) in [4.78, 5) is 16.4. The molecule has 2 aromatic rings. The number of nitrogens with zero attached hydrogens (tertiary/aromatic N) is 1. The second-order valence-electron chi connectivity index (χ2n) is 5.06. The molecular weight excluding hydrogens is 256 g/mol. The van der Waals surface area contributed by atoms with Crippen molar-refractivity contribution in [2.24, 2.45) is 0 Å². The minimum absolute atomic E-state index is 0.000509. The quantitative estimate of drug-likeness (QED) is 0.925. The third kappa shape index (κ3) is 3.20. The van der Waals surface area contributed by atoms with E-state index in [0.717, 1.165) is 16.4 Å². The minimum Gasteiger partial charge on any atom is -0.302 e. The molecule has 1 fully saturated rings. The standard InChI is InChI=1S/C15H16N2OS/c1-10-2-4-11(5-3-10)8-14(18)17-15-16-13(9-19-15)12-6-7-12/h2-5,9,12H,6-8H2,1H3,(H,16,17,18). The molecule has 4 heteroatoms. The third-order valence-corrected chi connectivity index (χ3v) is 4.03. The number of amides is 1. The van der Waals surface area contributed by atoms with Gasteiger partial charge in [0.25, 0.3) is 0 Å². The molecule has 19 heavy (non-hydrogen) atoms. The predicted octanol–water partition coefficient (Wildman–Crippen LogP) is 3.51. The summed E-state index contributed by atoms with van der Waals surface area (Å²) in [5.41, 5.74) is 3.37. The third-order valence-electron chi connectivity index (χ3n) is 3.25. The van der Waals surface area contributed by atoms with Gasteiger partial charge in [-0.25, -0.2) is 4.98 Å². The van der Waals surface area contributed by atoms with Gasteiger partial charge in [0.2, 0.25) is 5.91 Å². The van der Waals surface area contributed by atoms with E-state index in [-0.39, 0.29) is 5.91 Å². The molecule has 1 N–H and O–H groups in total. The van der Waals surface area contributed by atoms with E-state index in [2.05, 4.69) is 15.7 Å². The number of rotatable bonds is 4. The smallest absolute Gasteiger partial charge is 0.230 e. The van der Waals surface area contributed by atoms with Crippen LogP contribution in [0.3, 0.4) is 0 Å². The number of aryl methyl sites for hydroxylation is 1. The van der Waals surface area contributed by atoms with Gasteiger partial charge >= 0.3 is 0 Å². The van der Waals surface area contributed by atoms with Gasteiger partial charge in [-0.05, 0) is 25.3 Å². The molecule has 98 valence electrons. The molecule has 1 aliphatic rings. The summed E-state index contributed by atoms with van der Waals surface area (Å²) in [6.07, 6.45) is 2.87. The molecule has 3 nitrogen and oxygen atoms in total. The lowest BCUT2D eigenvalue weighted by atomic mass is 10.1. The Morgan fingerprint density at radius 2 is 2.11 bits per heavy atom. The molecule has 1 aromatic heterocycles. The molecular formula is C15H16N2OS. The van der Waals surface area contributed by atoms with Gasteiger partial charge in [0.15, 0.2) is 5.13 Å². The first-order chi connectivity index (χ1) is 9.20. The molecule has 0 atom stereocenters. The zero-order chi connectivity index (χ0) is 13.2. The summed E-state index contributed by atoms with van der Waals surface area (Å²) in [6.45, 7) is 2.04. The van der Waals surface area contributed by atoms with E-state index in [1.54, 1.807) is 0 Å². The molecule has 3 rings (SSSR count). The van der Waals surface area contributed by atoms with E-state index >= 15 is 0 Å². The van der Waals surface area contributed by atoms with Crippen molar-refractivity contribution in [1.29, 1.82) is 0 Å².